The molecule has 2 nitrogen and oxygen atoms in total. The summed E-state index contributed by atoms with van der Waals surface area (Å²) in [5.74, 6) is 1.74. The third-order valence-electron chi connectivity index (χ3n) is 2.39. The van der Waals surface area contributed by atoms with Crippen LogP contribution >= 0.6 is 34.5 Å². The van der Waals surface area contributed by atoms with Gasteiger partial charge in [0.1, 0.15) is 5.82 Å². The van der Waals surface area contributed by atoms with E-state index in [0.717, 1.165) is 11.2 Å². The molecule has 86 valence electrons. The second-order valence-corrected chi connectivity index (χ2v) is 5.43. The molecule has 0 aliphatic heterocycles. The predicted octanol–water partition coefficient (Wildman–Crippen LogP) is 3.94. The lowest BCUT2D eigenvalue weighted by Crippen LogP contribution is -2.39. The topological polar surface area (TPSA) is 24.9 Å². The molecule has 2 aromatic rings. The van der Waals surface area contributed by atoms with Crippen LogP contribution in [0.5, 0.6) is 0 Å². The number of halogens is 2. The Labute approximate surface area is 109 Å². The van der Waals surface area contributed by atoms with Gasteiger partial charge in [0.05, 0.1) is 5.54 Å². The predicted molar refractivity (Wildman–Crippen MR) is 73.1 cm³/mol. The van der Waals surface area contributed by atoms with Crippen molar-refractivity contribution in [1.82, 2.24) is 4.98 Å². The van der Waals surface area contributed by atoms with E-state index in [0.29, 0.717) is 11.8 Å². The first-order chi connectivity index (χ1) is 7.68. The van der Waals surface area contributed by atoms with Crippen molar-refractivity contribution in [2.24, 2.45) is 0 Å². The molecule has 0 saturated carbocycles. The molecule has 2 heterocycles. The Bertz CT molecular complexity index is 480. The van der Waals surface area contributed by atoms with Crippen molar-refractivity contribution in [3.05, 3.63) is 23.7 Å². The van der Waals surface area contributed by atoms with Gasteiger partial charge in [-0.1, -0.05) is 0 Å². The monoisotopic (exact) mass is 274 g/mol. The van der Waals surface area contributed by atoms with E-state index in [1.807, 2.05) is 13.0 Å². The Morgan fingerprint density at radius 1 is 1.38 bits per heavy atom. The molecule has 2 aromatic heterocycles. The van der Waals surface area contributed by atoms with Gasteiger partial charge < -0.3 is 5.32 Å². The Morgan fingerprint density at radius 3 is 2.81 bits per heavy atom. The van der Waals surface area contributed by atoms with Crippen molar-refractivity contribution in [1.29, 1.82) is 0 Å². The fraction of sp³-hybridized carbons (Fsp3) is 0.364. The lowest BCUT2D eigenvalue weighted by Gasteiger charge is -2.26. The molecule has 0 aromatic carbocycles. The van der Waals surface area contributed by atoms with Crippen molar-refractivity contribution in [2.75, 3.05) is 17.1 Å². The molecular weight excluding hydrogens is 263 g/mol. The molecule has 0 spiro atoms. The summed E-state index contributed by atoms with van der Waals surface area (Å²) in [6.45, 7) is 1.99. The summed E-state index contributed by atoms with van der Waals surface area (Å²) in [6, 6.07) is 4.06. The van der Waals surface area contributed by atoms with Crippen LogP contribution in [0.2, 0.25) is 0 Å². The first-order valence-corrected chi connectivity index (χ1v) is 6.86. The minimum absolute atomic E-state index is 0.327. The quantitative estimate of drug-likeness (QED) is 0.855. The summed E-state index contributed by atoms with van der Waals surface area (Å²) in [7, 11) is 0. The van der Waals surface area contributed by atoms with Gasteiger partial charge >= 0.3 is 0 Å². The molecule has 0 aliphatic rings. The van der Waals surface area contributed by atoms with Crippen LogP contribution in [0.4, 0.5) is 5.82 Å². The summed E-state index contributed by atoms with van der Waals surface area (Å²) in [5.41, 5.74) is -0.327. The van der Waals surface area contributed by atoms with Crippen molar-refractivity contribution in [3.63, 3.8) is 0 Å². The highest BCUT2D eigenvalue weighted by atomic mass is 35.5. The number of alkyl halides is 2. The molecule has 16 heavy (non-hydrogen) atoms. The standard InChI is InChI=1S/C11H12Cl2N2S/c1-11(6-12,7-13)15-10-8-3-5-16-9(8)2-4-14-10/h2-5H,6-7H2,1H3,(H,14,15). The normalized spacial score (nSPS) is 11.9. The first kappa shape index (κ1) is 12.0. The summed E-state index contributed by atoms with van der Waals surface area (Å²) in [4.78, 5) is 4.34. The third kappa shape index (κ3) is 2.26. The molecule has 1 N–H and O–H groups in total. The highest BCUT2D eigenvalue weighted by Gasteiger charge is 2.23. The van der Waals surface area contributed by atoms with Crippen LogP contribution in [-0.4, -0.2) is 22.3 Å². The van der Waals surface area contributed by atoms with Gasteiger partial charge in [0.2, 0.25) is 0 Å². The van der Waals surface area contributed by atoms with Gasteiger partial charge in [0, 0.05) is 28.0 Å². The third-order valence-corrected chi connectivity index (χ3v) is 4.45. The Morgan fingerprint density at radius 2 is 2.12 bits per heavy atom. The summed E-state index contributed by atoms with van der Waals surface area (Å²) in [6.07, 6.45) is 1.80. The maximum atomic E-state index is 5.91. The van der Waals surface area contributed by atoms with E-state index in [9.17, 15) is 0 Å². The zero-order chi connectivity index (χ0) is 11.6. The second-order valence-electron chi connectivity index (χ2n) is 3.94. The zero-order valence-corrected chi connectivity index (χ0v) is 11.2. The van der Waals surface area contributed by atoms with E-state index in [1.54, 1.807) is 17.5 Å². The van der Waals surface area contributed by atoms with Gasteiger partial charge in [-0.25, -0.2) is 4.98 Å². The Balaban J connectivity index is 2.37. The lowest BCUT2D eigenvalue weighted by atomic mass is 10.1. The smallest absolute Gasteiger partial charge is 0.135 e. The average molecular weight is 275 g/mol. The molecule has 0 bridgehead atoms. The fourth-order valence-corrected chi connectivity index (χ4v) is 2.58. The molecule has 5 heteroatoms. The summed E-state index contributed by atoms with van der Waals surface area (Å²) in [5, 5.41) is 6.49. The number of fused-ring (bicyclic) bond motifs is 1. The molecule has 0 atom stereocenters. The van der Waals surface area contributed by atoms with E-state index >= 15 is 0 Å². The van der Waals surface area contributed by atoms with Crippen LogP contribution < -0.4 is 5.32 Å². The first-order valence-electron chi connectivity index (χ1n) is 4.91. The Hall–Kier alpha value is -0.510. The molecule has 0 unspecified atom stereocenters. The Kier molecular flexibility index (Phi) is 3.57. The van der Waals surface area contributed by atoms with Crippen molar-refractivity contribution < 1.29 is 0 Å². The van der Waals surface area contributed by atoms with Gasteiger partial charge in [-0.3, -0.25) is 0 Å². The second kappa shape index (κ2) is 4.78. The number of hydrogen-bond acceptors (Lipinski definition) is 3. The van der Waals surface area contributed by atoms with Gasteiger partial charge in [-0.2, -0.15) is 0 Å². The van der Waals surface area contributed by atoms with E-state index in [4.69, 9.17) is 23.2 Å². The van der Waals surface area contributed by atoms with Gasteiger partial charge in [-0.15, -0.1) is 34.5 Å². The van der Waals surface area contributed by atoms with Gasteiger partial charge in [0.25, 0.3) is 0 Å². The number of rotatable bonds is 4. The molecule has 2 rings (SSSR count). The number of anilines is 1. The molecule has 0 saturated heterocycles. The van der Waals surface area contributed by atoms with Crippen LogP contribution in [0, 0.1) is 0 Å². The van der Waals surface area contributed by atoms with E-state index < -0.39 is 0 Å². The SMILES string of the molecule is CC(CCl)(CCl)Nc1nccc2sccc12. The van der Waals surface area contributed by atoms with Gasteiger partial charge in [0.15, 0.2) is 0 Å². The number of thiophene rings is 1. The van der Waals surface area contributed by atoms with Crippen LogP contribution in [0.1, 0.15) is 6.92 Å². The average Bonchev–Trinajstić information content (AvgIpc) is 2.78. The number of aromatic nitrogens is 1. The number of nitrogens with zero attached hydrogens (tertiary/aromatic N) is 1. The highest BCUT2D eigenvalue weighted by Crippen LogP contribution is 2.28. The van der Waals surface area contributed by atoms with Crippen LogP contribution in [-0.2, 0) is 0 Å². The van der Waals surface area contributed by atoms with Gasteiger partial charge in [-0.05, 0) is 24.4 Å². The largest absolute Gasteiger partial charge is 0.362 e. The van der Waals surface area contributed by atoms with Crippen LogP contribution in [0.15, 0.2) is 23.7 Å². The maximum absolute atomic E-state index is 5.91. The van der Waals surface area contributed by atoms with E-state index in [1.165, 1.54) is 4.70 Å². The number of nitrogens with one attached hydrogen (secondary N) is 1. The summed E-state index contributed by atoms with van der Waals surface area (Å²) < 4.78 is 1.21. The maximum Gasteiger partial charge on any atom is 0.135 e. The number of hydrogen-bond donors (Lipinski definition) is 1. The zero-order valence-electron chi connectivity index (χ0n) is 8.84. The molecule has 0 amide bonds. The molecule has 0 fully saturated rings. The van der Waals surface area contributed by atoms with E-state index in [2.05, 4.69) is 21.7 Å². The van der Waals surface area contributed by atoms with Crippen LogP contribution in [0.25, 0.3) is 10.1 Å². The van der Waals surface area contributed by atoms with Crippen molar-refractivity contribution >= 4 is 50.4 Å². The highest BCUT2D eigenvalue weighted by molar-refractivity contribution is 7.17. The van der Waals surface area contributed by atoms with Crippen molar-refractivity contribution in [2.45, 2.75) is 12.5 Å². The summed E-state index contributed by atoms with van der Waals surface area (Å²) >= 11 is 13.5. The lowest BCUT2D eigenvalue weighted by molar-refractivity contribution is 0.646. The fourth-order valence-electron chi connectivity index (χ4n) is 1.38. The molecule has 0 aliphatic carbocycles. The molecule has 0 radical (unpaired) electrons. The molecular formula is C11H12Cl2N2S. The van der Waals surface area contributed by atoms with Crippen LogP contribution in [0.3, 0.4) is 0 Å². The number of pyridine rings is 1. The van der Waals surface area contributed by atoms with Crippen molar-refractivity contribution in [3.8, 4) is 0 Å². The minimum atomic E-state index is -0.327. The minimum Gasteiger partial charge on any atom is -0.362 e. The van der Waals surface area contributed by atoms with E-state index in [-0.39, 0.29) is 5.54 Å².